The first-order valence-electron chi connectivity index (χ1n) is 4.33. The van der Waals surface area contributed by atoms with Crippen molar-refractivity contribution in [2.75, 3.05) is 11.9 Å². The zero-order chi connectivity index (χ0) is 10.3. The molecule has 1 aliphatic heterocycles. The van der Waals surface area contributed by atoms with Crippen molar-refractivity contribution in [1.82, 2.24) is 0 Å². The van der Waals surface area contributed by atoms with E-state index in [9.17, 15) is 4.79 Å². The maximum atomic E-state index is 10.9. The molecule has 0 aromatic heterocycles. The molecule has 74 valence electrons. The van der Waals surface area contributed by atoms with Crippen LogP contribution in [-0.2, 0) is 11.2 Å². The molecule has 0 saturated heterocycles. The standard InChI is InChI=1S/C10H10BrNO2/c1-12-8-5-7(11)3-2-6(8)4-9(12)10(13)14/h2-3,5,9H,4H2,1H3,(H,13,14). The van der Waals surface area contributed by atoms with E-state index in [0.29, 0.717) is 6.42 Å². The number of halogens is 1. The number of benzene rings is 1. The van der Waals surface area contributed by atoms with Gasteiger partial charge >= 0.3 is 5.97 Å². The zero-order valence-electron chi connectivity index (χ0n) is 7.70. The Bertz CT molecular complexity index is 392. The Morgan fingerprint density at radius 2 is 2.36 bits per heavy atom. The van der Waals surface area contributed by atoms with Gasteiger partial charge < -0.3 is 10.0 Å². The highest BCUT2D eigenvalue weighted by molar-refractivity contribution is 9.10. The Kier molecular flexibility index (Phi) is 2.23. The van der Waals surface area contributed by atoms with E-state index >= 15 is 0 Å². The summed E-state index contributed by atoms with van der Waals surface area (Å²) in [5, 5.41) is 8.97. The van der Waals surface area contributed by atoms with Gasteiger partial charge in [-0.15, -0.1) is 0 Å². The Morgan fingerprint density at radius 1 is 1.64 bits per heavy atom. The summed E-state index contributed by atoms with van der Waals surface area (Å²) in [6.45, 7) is 0. The zero-order valence-corrected chi connectivity index (χ0v) is 9.28. The van der Waals surface area contributed by atoms with Crippen LogP contribution in [0.15, 0.2) is 22.7 Å². The maximum absolute atomic E-state index is 10.9. The van der Waals surface area contributed by atoms with Gasteiger partial charge in [0.1, 0.15) is 6.04 Å². The van der Waals surface area contributed by atoms with Gasteiger partial charge in [0.25, 0.3) is 0 Å². The van der Waals surface area contributed by atoms with Gasteiger partial charge in [-0.25, -0.2) is 4.79 Å². The summed E-state index contributed by atoms with van der Waals surface area (Å²) < 4.78 is 0.981. The number of aliphatic carboxylic acids is 1. The fourth-order valence-electron chi connectivity index (χ4n) is 1.80. The molecule has 1 aliphatic rings. The van der Waals surface area contributed by atoms with Gasteiger partial charge in [0.2, 0.25) is 0 Å². The normalized spacial score (nSPS) is 19.6. The minimum Gasteiger partial charge on any atom is -0.480 e. The molecule has 1 N–H and O–H groups in total. The average molecular weight is 256 g/mol. The van der Waals surface area contributed by atoms with Crippen LogP contribution in [0.25, 0.3) is 0 Å². The van der Waals surface area contributed by atoms with Gasteiger partial charge in [0.05, 0.1) is 0 Å². The summed E-state index contributed by atoms with van der Waals surface area (Å²) in [5.41, 5.74) is 2.11. The predicted molar refractivity (Wildman–Crippen MR) is 57.7 cm³/mol. The van der Waals surface area contributed by atoms with Crippen molar-refractivity contribution in [2.24, 2.45) is 0 Å². The Morgan fingerprint density at radius 3 is 3.00 bits per heavy atom. The van der Waals surface area contributed by atoms with Crippen molar-refractivity contribution in [2.45, 2.75) is 12.5 Å². The third-order valence-electron chi connectivity index (χ3n) is 2.59. The van der Waals surface area contributed by atoms with Crippen molar-refractivity contribution < 1.29 is 9.90 Å². The van der Waals surface area contributed by atoms with Crippen molar-refractivity contribution >= 4 is 27.6 Å². The topological polar surface area (TPSA) is 40.5 Å². The molecule has 1 heterocycles. The van der Waals surface area contributed by atoms with Gasteiger partial charge in [0.15, 0.2) is 0 Å². The molecule has 0 saturated carbocycles. The van der Waals surface area contributed by atoms with Crippen molar-refractivity contribution in [3.05, 3.63) is 28.2 Å². The molecule has 0 bridgehead atoms. The van der Waals surface area contributed by atoms with Gasteiger partial charge in [-0.3, -0.25) is 0 Å². The summed E-state index contributed by atoms with van der Waals surface area (Å²) in [5.74, 6) is -0.764. The van der Waals surface area contributed by atoms with Gasteiger partial charge in [-0.05, 0) is 17.7 Å². The van der Waals surface area contributed by atoms with Crippen LogP contribution >= 0.6 is 15.9 Å². The number of rotatable bonds is 1. The predicted octanol–water partition coefficient (Wildman–Crippen LogP) is 1.89. The summed E-state index contributed by atoms with van der Waals surface area (Å²) in [6.07, 6.45) is 0.592. The number of carboxylic acids is 1. The highest BCUT2D eigenvalue weighted by atomic mass is 79.9. The maximum Gasteiger partial charge on any atom is 0.326 e. The Balaban J connectivity index is 2.41. The molecule has 3 nitrogen and oxygen atoms in total. The van der Waals surface area contributed by atoms with Gasteiger partial charge in [0, 0.05) is 23.6 Å². The number of nitrogens with zero attached hydrogens (tertiary/aromatic N) is 1. The number of anilines is 1. The third kappa shape index (κ3) is 1.39. The molecule has 0 radical (unpaired) electrons. The number of hydrogen-bond donors (Lipinski definition) is 1. The quantitative estimate of drug-likeness (QED) is 0.834. The average Bonchev–Trinajstić information content (AvgIpc) is 2.44. The Labute approximate surface area is 90.5 Å². The lowest BCUT2D eigenvalue weighted by molar-refractivity contribution is -0.138. The van der Waals surface area contributed by atoms with E-state index in [1.807, 2.05) is 30.1 Å². The number of hydrogen-bond acceptors (Lipinski definition) is 2. The lowest BCUT2D eigenvalue weighted by Gasteiger charge is -2.18. The number of likely N-dealkylation sites (N-methyl/N-ethyl adjacent to an activating group) is 1. The van der Waals surface area contributed by atoms with Gasteiger partial charge in [-0.2, -0.15) is 0 Å². The number of carboxylic acid groups (broad SMARTS) is 1. The minimum atomic E-state index is -0.764. The molecule has 4 heteroatoms. The molecule has 1 aromatic carbocycles. The molecule has 0 fully saturated rings. The molecule has 14 heavy (non-hydrogen) atoms. The molecule has 1 atom stereocenters. The lowest BCUT2D eigenvalue weighted by atomic mass is 10.1. The van der Waals surface area contributed by atoms with Gasteiger partial charge in [-0.1, -0.05) is 22.0 Å². The van der Waals surface area contributed by atoms with E-state index in [2.05, 4.69) is 15.9 Å². The molecule has 0 aliphatic carbocycles. The number of fused-ring (bicyclic) bond motifs is 1. The van der Waals surface area contributed by atoms with Crippen molar-refractivity contribution in [1.29, 1.82) is 0 Å². The second-order valence-corrected chi connectivity index (χ2v) is 4.36. The van der Waals surface area contributed by atoms with E-state index in [1.54, 1.807) is 0 Å². The highest BCUT2D eigenvalue weighted by Gasteiger charge is 2.31. The van der Waals surface area contributed by atoms with Crippen LogP contribution in [0.1, 0.15) is 5.56 Å². The second kappa shape index (κ2) is 3.28. The first kappa shape index (κ1) is 9.52. The van der Waals surface area contributed by atoms with Crippen LogP contribution in [0.4, 0.5) is 5.69 Å². The van der Waals surface area contributed by atoms with E-state index in [1.165, 1.54) is 0 Å². The highest BCUT2D eigenvalue weighted by Crippen LogP contribution is 2.33. The van der Waals surface area contributed by atoms with Crippen LogP contribution in [-0.4, -0.2) is 24.2 Å². The molecule has 2 rings (SSSR count). The van der Waals surface area contributed by atoms with E-state index in [-0.39, 0.29) is 0 Å². The fraction of sp³-hybridized carbons (Fsp3) is 0.300. The minimum absolute atomic E-state index is 0.417. The summed E-state index contributed by atoms with van der Waals surface area (Å²) in [6, 6.07) is 5.45. The molecule has 1 aromatic rings. The van der Waals surface area contributed by atoms with Crippen LogP contribution in [0.2, 0.25) is 0 Å². The SMILES string of the molecule is CN1c2cc(Br)ccc2CC1C(=O)O. The number of carbonyl (C=O) groups is 1. The third-order valence-corrected chi connectivity index (χ3v) is 3.09. The summed E-state index contributed by atoms with van der Waals surface area (Å²) in [4.78, 5) is 12.7. The Hall–Kier alpha value is -1.03. The largest absolute Gasteiger partial charge is 0.480 e. The second-order valence-electron chi connectivity index (χ2n) is 3.44. The summed E-state index contributed by atoms with van der Waals surface area (Å²) >= 11 is 3.38. The van der Waals surface area contributed by atoms with Crippen LogP contribution in [0.5, 0.6) is 0 Å². The fourth-order valence-corrected chi connectivity index (χ4v) is 2.15. The monoisotopic (exact) mass is 255 g/mol. The van der Waals surface area contributed by atoms with Crippen LogP contribution in [0.3, 0.4) is 0 Å². The van der Waals surface area contributed by atoms with Crippen LogP contribution in [0, 0.1) is 0 Å². The molecular weight excluding hydrogens is 246 g/mol. The lowest BCUT2D eigenvalue weighted by Crippen LogP contribution is -2.35. The van der Waals surface area contributed by atoms with E-state index in [0.717, 1.165) is 15.7 Å². The molecule has 0 amide bonds. The summed E-state index contributed by atoms with van der Waals surface area (Å²) in [7, 11) is 1.82. The van der Waals surface area contributed by atoms with Crippen LogP contribution < -0.4 is 4.90 Å². The van der Waals surface area contributed by atoms with Crippen molar-refractivity contribution in [3.8, 4) is 0 Å². The van der Waals surface area contributed by atoms with E-state index < -0.39 is 12.0 Å². The molecular formula is C10H10BrNO2. The molecule has 1 unspecified atom stereocenters. The van der Waals surface area contributed by atoms with Crippen molar-refractivity contribution in [3.63, 3.8) is 0 Å². The molecule has 0 spiro atoms. The van der Waals surface area contributed by atoms with E-state index in [4.69, 9.17) is 5.11 Å². The smallest absolute Gasteiger partial charge is 0.326 e. The first-order valence-corrected chi connectivity index (χ1v) is 5.13. The first-order chi connectivity index (χ1) is 6.59.